The monoisotopic (exact) mass is 272 g/mol. The van der Waals surface area contributed by atoms with E-state index in [-0.39, 0.29) is 0 Å². The van der Waals surface area contributed by atoms with Crippen molar-refractivity contribution in [3.05, 3.63) is 70.2 Å². The van der Waals surface area contributed by atoms with Gasteiger partial charge in [-0.1, -0.05) is 64.5 Å². The first-order chi connectivity index (χ1) is 7.75. The van der Waals surface area contributed by atoms with Gasteiger partial charge in [0.1, 0.15) is 0 Å². The zero-order valence-electron chi connectivity index (χ0n) is 9.15. The molecule has 0 aromatic heterocycles. The number of hydrogen-bond acceptors (Lipinski definition) is 0. The maximum absolute atomic E-state index is 3.49. The number of allylic oxidation sites excluding steroid dienone is 1. The summed E-state index contributed by atoms with van der Waals surface area (Å²) in [5, 5.41) is 0. The Morgan fingerprint density at radius 2 is 1.75 bits per heavy atom. The van der Waals surface area contributed by atoms with Gasteiger partial charge < -0.3 is 0 Å². The second kappa shape index (κ2) is 5.13. The van der Waals surface area contributed by atoms with Crippen LogP contribution in [0.3, 0.4) is 0 Å². The van der Waals surface area contributed by atoms with Crippen LogP contribution in [0, 0.1) is 0 Å². The smallest absolute Gasteiger partial charge is 0.0181 e. The normalized spacial score (nSPS) is 11.5. The molecule has 2 rings (SSSR count). The van der Waals surface area contributed by atoms with Crippen molar-refractivity contribution < 1.29 is 0 Å². The van der Waals surface area contributed by atoms with Gasteiger partial charge in [0, 0.05) is 4.47 Å². The van der Waals surface area contributed by atoms with Gasteiger partial charge in [0.25, 0.3) is 0 Å². The van der Waals surface area contributed by atoms with E-state index in [1.165, 1.54) is 16.7 Å². The Labute approximate surface area is 105 Å². The molecule has 0 amide bonds. The quantitative estimate of drug-likeness (QED) is 0.675. The molecular formula is C15H13Br. The topological polar surface area (TPSA) is 0 Å². The lowest BCUT2D eigenvalue weighted by atomic mass is 10.0. The zero-order chi connectivity index (χ0) is 11.4. The van der Waals surface area contributed by atoms with Crippen LogP contribution in [0.1, 0.15) is 18.1 Å². The van der Waals surface area contributed by atoms with Gasteiger partial charge in [-0.25, -0.2) is 0 Å². The summed E-state index contributed by atoms with van der Waals surface area (Å²) in [6, 6.07) is 18.7. The molecule has 0 aliphatic rings. The minimum Gasteiger partial charge on any atom is -0.0622 e. The number of hydrogen-bond donors (Lipinski definition) is 0. The third kappa shape index (κ3) is 2.83. The maximum atomic E-state index is 3.49. The van der Waals surface area contributed by atoms with E-state index in [1.54, 1.807) is 0 Å². The minimum absolute atomic E-state index is 1.12. The summed E-state index contributed by atoms with van der Waals surface area (Å²) in [5.41, 5.74) is 3.76. The first kappa shape index (κ1) is 11.2. The van der Waals surface area contributed by atoms with Crippen LogP contribution >= 0.6 is 15.9 Å². The van der Waals surface area contributed by atoms with Crippen molar-refractivity contribution in [2.24, 2.45) is 0 Å². The van der Waals surface area contributed by atoms with Gasteiger partial charge in [0.15, 0.2) is 0 Å². The van der Waals surface area contributed by atoms with Crippen molar-refractivity contribution in [2.45, 2.75) is 6.92 Å². The number of rotatable bonds is 2. The minimum atomic E-state index is 1.12. The molecule has 0 saturated carbocycles. The summed E-state index contributed by atoms with van der Waals surface area (Å²) in [7, 11) is 0. The first-order valence-corrected chi connectivity index (χ1v) is 6.04. The molecule has 2 aromatic carbocycles. The SMILES string of the molecule is C/C(=C\c1ccccc1)c1cccc(Br)c1. The average molecular weight is 273 g/mol. The Balaban J connectivity index is 2.32. The highest BCUT2D eigenvalue weighted by atomic mass is 79.9. The molecule has 1 heteroatoms. The fraction of sp³-hybridized carbons (Fsp3) is 0.0667. The lowest BCUT2D eigenvalue weighted by molar-refractivity contribution is 1.54. The van der Waals surface area contributed by atoms with E-state index < -0.39 is 0 Å². The lowest BCUT2D eigenvalue weighted by Crippen LogP contribution is -1.79. The summed E-state index contributed by atoms with van der Waals surface area (Å²) in [4.78, 5) is 0. The van der Waals surface area contributed by atoms with Crippen LogP contribution in [0.25, 0.3) is 11.6 Å². The molecule has 0 heterocycles. The van der Waals surface area contributed by atoms with Gasteiger partial charge in [0.2, 0.25) is 0 Å². The Kier molecular flexibility index (Phi) is 3.58. The molecule has 0 spiro atoms. The molecule has 0 atom stereocenters. The highest BCUT2D eigenvalue weighted by Crippen LogP contribution is 2.20. The van der Waals surface area contributed by atoms with Gasteiger partial charge in [0.05, 0.1) is 0 Å². The van der Waals surface area contributed by atoms with E-state index >= 15 is 0 Å². The Bertz CT molecular complexity index is 498. The molecule has 0 aliphatic carbocycles. The largest absolute Gasteiger partial charge is 0.0622 e. The van der Waals surface area contributed by atoms with E-state index in [1.807, 2.05) is 12.1 Å². The summed E-state index contributed by atoms with van der Waals surface area (Å²) in [6.07, 6.45) is 2.20. The highest BCUT2D eigenvalue weighted by Gasteiger charge is 1.96. The van der Waals surface area contributed by atoms with Crippen molar-refractivity contribution >= 4 is 27.6 Å². The molecule has 80 valence electrons. The number of halogens is 1. The van der Waals surface area contributed by atoms with E-state index in [2.05, 4.69) is 71.4 Å². The van der Waals surface area contributed by atoms with Crippen molar-refractivity contribution in [3.63, 3.8) is 0 Å². The van der Waals surface area contributed by atoms with Crippen LogP contribution in [0.4, 0.5) is 0 Å². The molecule has 0 N–H and O–H groups in total. The molecule has 0 fully saturated rings. The van der Waals surface area contributed by atoms with E-state index in [0.29, 0.717) is 0 Å². The molecule has 0 saturated heterocycles. The highest BCUT2D eigenvalue weighted by molar-refractivity contribution is 9.10. The standard InChI is InChI=1S/C15H13Br/c1-12(10-13-6-3-2-4-7-13)14-8-5-9-15(16)11-14/h2-11H,1H3/b12-10+. The van der Waals surface area contributed by atoms with E-state index in [4.69, 9.17) is 0 Å². The van der Waals surface area contributed by atoms with Crippen LogP contribution < -0.4 is 0 Å². The van der Waals surface area contributed by atoms with Crippen molar-refractivity contribution in [1.82, 2.24) is 0 Å². The van der Waals surface area contributed by atoms with Crippen LogP contribution in [-0.2, 0) is 0 Å². The summed E-state index contributed by atoms with van der Waals surface area (Å²) in [6.45, 7) is 2.13. The Hall–Kier alpha value is -1.34. The predicted octanol–water partition coefficient (Wildman–Crippen LogP) is 5.01. The molecule has 2 aromatic rings. The Morgan fingerprint density at radius 1 is 1.00 bits per heavy atom. The van der Waals surface area contributed by atoms with Crippen molar-refractivity contribution in [3.8, 4) is 0 Å². The van der Waals surface area contributed by atoms with Crippen LogP contribution in [0.15, 0.2) is 59.1 Å². The zero-order valence-corrected chi connectivity index (χ0v) is 10.7. The maximum Gasteiger partial charge on any atom is 0.0181 e. The van der Waals surface area contributed by atoms with Crippen LogP contribution in [0.2, 0.25) is 0 Å². The molecule has 0 bridgehead atoms. The summed E-state index contributed by atoms with van der Waals surface area (Å²) < 4.78 is 1.12. The average Bonchev–Trinajstić information content (AvgIpc) is 2.30. The second-order valence-electron chi connectivity index (χ2n) is 3.75. The van der Waals surface area contributed by atoms with Gasteiger partial charge >= 0.3 is 0 Å². The predicted molar refractivity (Wildman–Crippen MR) is 74.1 cm³/mol. The lowest BCUT2D eigenvalue weighted by Gasteiger charge is -2.02. The fourth-order valence-corrected chi connectivity index (χ4v) is 2.02. The van der Waals surface area contributed by atoms with Gasteiger partial charge in [-0.15, -0.1) is 0 Å². The molecule has 0 unspecified atom stereocenters. The van der Waals surface area contributed by atoms with E-state index in [9.17, 15) is 0 Å². The molecular weight excluding hydrogens is 260 g/mol. The summed E-state index contributed by atoms with van der Waals surface area (Å²) >= 11 is 3.49. The third-order valence-corrected chi connectivity index (χ3v) is 2.96. The van der Waals surface area contributed by atoms with Gasteiger partial charge in [-0.2, -0.15) is 0 Å². The summed E-state index contributed by atoms with van der Waals surface area (Å²) in [5.74, 6) is 0. The Morgan fingerprint density at radius 3 is 2.44 bits per heavy atom. The third-order valence-electron chi connectivity index (χ3n) is 2.46. The van der Waals surface area contributed by atoms with Gasteiger partial charge in [-0.05, 0) is 35.8 Å². The van der Waals surface area contributed by atoms with E-state index in [0.717, 1.165) is 4.47 Å². The molecule has 0 nitrogen and oxygen atoms in total. The van der Waals surface area contributed by atoms with Crippen molar-refractivity contribution in [1.29, 1.82) is 0 Å². The fourth-order valence-electron chi connectivity index (χ4n) is 1.62. The second-order valence-corrected chi connectivity index (χ2v) is 4.66. The molecule has 0 aliphatic heterocycles. The van der Waals surface area contributed by atoms with Crippen molar-refractivity contribution in [2.75, 3.05) is 0 Å². The van der Waals surface area contributed by atoms with Crippen LogP contribution in [-0.4, -0.2) is 0 Å². The van der Waals surface area contributed by atoms with Crippen LogP contribution in [0.5, 0.6) is 0 Å². The first-order valence-electron chi connectivity index (χ1n) is 5.25. The number of benzene rings is 2. The molecule has 0 radical (unpaired) electrons. The molecule has 16 heavy (non-hydrogen) atoms. The van der Waals surface area contributed by atoms with Gasteiger partial charge in [-0.3, -0.25) is 0 Å².